The second kappa shape index (κ2) is 13.9. The Morgan fingerprint density at radius 1 is 1.19 bits per heavy atom. The summed E-state index contributed by atoms with van der Waals surface area (Å²) in [4.78, 5) is 15.8. The molecule has 0 radical (unpaired) electrons. The number of unbranched alkanes of at least 4 members (excludes halogenated alkanes) is 1. The first kappa shape index (κ1) is 22.8. The molecule has 0 spiro atoms. The summed E-state index contributed by atoms with van der Waals surface area (Å²) in [5, 5.41) is 9.48. The number of likely N-dealkylation sites (N-methyl/N-ethyl adjacent to an activating group) is 1. The molecule has 0 aromatic heterocycles. The molecule has 0 saturated carbocycles. The lowest BCUT2D eigenvalue weighted by Crippen LogP contribution is -2.39. The van der Waals surface area contributed by atoms with Gasteiger partial charge in [-0.05, 0) is 37.0 Å². The van der Waals surface area contributed by atoms with E-state index in [2.05, 4.69) is 34.8 Å². The number of amides is 1. The van der Waals surface area contributed by atoms with Crippen molar-refractivity contribution in [2.75, 3.05) is 26.7 Å². The maximum Gasteiger partial charge on any atom is 0.257 e. The van der Waals surface area contributed by atoms with Crippen LogP contribution in [0.25, 0.3) is 0 Å². The molecular weight excluding hydrogens is 340 g/mol. The summed E-state index contributed by atoms with van der Waals surface area (Å²) in [7, 11) is 1.79. The second-order valence-electron chi connectivity index (χ2n) is 6.61. The quantitative estimate of drug-likeness (QED) is 0.387. The molecule has 6 heteroatoms. The molecule has 27 heavy (non-hydrogen) atoms. The number of carbonyl (C=O) groups excluding carboxylic acids is 1. The van der Waals surface area contributed by atoms with Crippen LogP contribution in [0.5, 0.6) is 5.75 Å². The maximum absolute atomic E-state index is 11.5. The third-order valence-corrected chi connectivity index (χ3v) is 4.43. The van der Waals surface area contributed by atoms with E-state index in [9.17, 15) is 4.79 Å². The Kier molecular flexibility index (Phi) is 11.7. The number of rotatable bonds is 12. The molecule has 0 bridgehead atoms. The Hall–Kier alpha value is -2.24. The van der Waals surface area contributed by atoms with Gasteiger partial charge in [0.1, 0.15) is 5.75 Å². The first-order valence-electron chi connectivity index (χ1n) is 10.1. The average Bonchev–Trinajstić information content (AvgIpc) is 2.69. The number of hydrogen-bond donors (Lipinski definition) is 3. The molecule has 0 aliphatic carbocycles. The zero-order valence-electron chi connectivity index (χ0n) is 17.3. The molecule has 3 N–H and O–H groups in total. The van der Waals surface area contributed by atoms with E-state index in [4.69, 9.17) is 4.74 Å². The van der Waals surface area contributed by atoms with Crippen LogP contribution in [0.1, 0.15) is 52.0 Å². The maximum atomic E-state index is 11.5. The fourth-order valence-electron chi connectivity index (χ4n) is 2.73. The topological polar surface area (TPSA) is 74.8 Å². The van der Waals surface area contributed by atoms with Crippen molar-refractivity contribution in [3.63, 3.8) is 0 Å². The van der Waals surface area contributed by atoms with Gasteiger partial charge in [0.25, 0.3) is 5.91 Å². The van der Waals surface area contributed by atoms with Gasteiger partial charge in [-0.3, -0.25) is 9.79 Å². The van der Waals surface area contributed by atoms with Gasteiger partial charge in [-0.25, -0.2) is 0 Å². The molecule has 6 nitrogen and oxygen atoms in total. The number of guanidine groups is 1. The zero-order chi connectivity index (χ0) is 19.9. The largest absolute Gasteiger partial charge is 0.484 e. The average molecular weight is 377 g/mol. The molecule has 0 aliphatic heterocycles. The van der Waals surface area contributed by atoms with Gasteiger partial charge in [0, 0.05) is 26.7 Å². The Balaban J connectivity index is 2.46. The number of nitrogens with one attached hydrogen (secondary N) is 3. The van der Waals surface area contributed by atoms with Crippen molar-refractivity contribution in [3.05, 3.63) is 29.8 Å². The molecule has 1 aromatic rings. The van der Waals surface area contributed by atoms with E-state index < -0.39 is 0 Å². The summed E-state index contributed by atoms with van der Waals surface area (Å²) in [6.45, 7) is 8.58. The minimum atomic E-state index is -0.112. The fraction of sp³-hybridized carbons (Fsp3) is 0.619. The minimum Gasteiger partial charge on any atom is -0.484 e. The molecule has 152 valence electrons. The molecule has 0 fully saturated rings. The third kappa shape index (κ3) is 9.87. The van der Waals surface area contributed by atoms with Crippen molar-refractivity contribution in [1.82, 2.24) is 16.0 Å². The minimum absolute atomic E-state index is 0.0319. The van der Waals surface area contributed by atoms with Gasteiger partial charge in [0.2, 0.25) is 0 Å². The standard InChI is InChI=1S/C21H36N4O2/c1-5-8-10-17(6-2)14-24-21(22-4)25-15-18-11-9-12-19(13-18)27-16-20(26)23-7-3/h9,11-13,17H,5-8,10,14-16H2,1-4H3,(H,23,26)(H2,22,24,25). The molecular formula is C21H36N4O2. The van der Waals surface area contributed by atoms with Crippen LogP contribution in [0, 0.1) is 5.92 Å². The number of nitrogens with zero attached hydrogens (tertiary/aromatic N) is 1. The highest BCUT2D eigenvalue weighted by Gasteiger charge is 2.07. The summed E-state index contributed by atoms with van der Waals surface area (Å²) in [6.07, 6.45) is 4.94. The summed E-state index contributed by atoms with van der Waals surface area (Å²) in [5.74, 6) is 2.06. The van der Waals surface area contributed by atoms with Crippen molar-refractivity contribution >= 4 is 11.9 Å². The Morgan fingerprint density at radius 2 is 2.00 bits per heavy atom. The van der Waals surface area contributed by atoms with Gasteiger partial charge in [-0.15, -0.1) is 0 Å². The van der Waals surface area contributed by atoms with Gasteiger partial charge in [-0.2, -0.15) is 0 Å². The highest BCUT2D eigenvalue weighted by atomic mass is 16.5. The summed E-state index contributed by atoms with van der Waals surface area (Å²) >= 11 is 0. The van der Waals surface area contributed by atoms with E-state index in [0.717, 1.165) is 18.1 Å². The predicted octanol–water partition coefficient (Wildman–Crippen LogP) is 3.08. The van der Waals surface area contributed by atoms with E-state index in [1.807, 2.05) is 31.2 Å². The van der Waals surface area contributed by atoms with E-state index in [0.29, 0.717) is 24.8 Å². The summed E-state index contributed by atoms with van der Waals surface area (Å²) in [5.41, 5.74) is 1.07. The van der Waals surface area contributed by atoms with E-state index in [1.54, 1.807) is 7.05 Å². The van der Waals surface area contributed by atoms with Gasteiger partial charge < -0.3 is 20.7 Å². The van der Waals surface area contributed by atoms with E-state index in [1.165, 1.54) is 25.7 Å². The Morgan fingerprint density at radius 3 is 2.67 bits per heavy atom. The van der Waals surface area contributed by atoms with Crippen LogP contribution < -0.4 is 20.7 Å². The van der Waals surface area contributed by atoms with Crippen molar-refractivity contribution in [1.29, 1.82) is 0 Å². The number of benzene rings is 1. The zero-order valence-corrected chi connectivity index (χ0v) is 17.3. The summed E-state index contributed by atoms with van der Waals surface area (Å²) in [6, 6.07) is 7.75. The third-order valence-electron chi connectivity index (χ3n) is 4.43. The fourth-order valence-corrected chi connectivity index (χ4v) is 2.73. The lowest BCUT2D eigenvalue weighted by Gasteiger charge is -2.18. The van der Waals surface area contributed by atoms with Crippen molar-refractivity contribution in [2.24, 2.45) is 10.9 Å². The lowest BCUT2D eigenvalue weighted by atomic mass is 9.99. The highest BCUT2D eigenvalue weighted by molar-refractivity contribution is 5.79. The lowest BCUT2D eigenvalue weighted by molar-refractivity contribution is -0.122. The van der Waals surface area contributed by atoms with Crippen LogP contribution in [0.2, 0.25) is 0 Å². The monoisotopic (exact) mass is 376 g/mol. The molecule has 1 unspecified atom stereocenters. The van der Waals surface area contributed by atoms with Crippen molar-refractivity contribution < 1.29 is 9.53 Å². The van der Waals surface area contributed by atoms with Crippen LogP contribution in [0.4, 0.5) is 0 Å². The molecule has 0 aliphatic rings. The molecule has 1 atom stereocenters. The SMILES string of the molecule is CCCCC(CC)CNC(=NC)NCc1cccc(OCC(=O)NCC)c1. The predicted molar refractivity (Wildman–Crippen MR) is 112 cm³/mol. The highest BCUT2D eigenvalue weighted by Crippen LogP contribution is 2.13. The Bertz CT molecular complexity index is 575. The van der Waals surface area contributed by atoms with Crippen molar-refractivity contribution in [2.45, 2.75) is 53.0 Å². The number of carbonyl (C=O) groups is 1. The normalized spacial score (nSPS) is 12.4. The van der Waals surface area contributed by atoms with E-state index >= 15 is 0 Å². The summed E-state index contributed by atoms with van der Waals surface area (Å²) < 4.78 is 5.54. The molecule has 1 aromatic carbocycles. The molecule has 1 rings (SSSR count). The molecule has 0 saturated heterocycles. The number of hydrogen-bond acceptors (Lipinski definition) is 3. The van der Waals surface area contributed by atoms with Crippen LogP contribution in [-0.4, -0.2) is 38.6 Å². The number of ether oxygens (including phenoxy) is 1. The first-order valence-corrected chi connectivity index (χ1v) is 10.1. The molecule has 0 heterocycles. The first-order chi connectivity index (χ1) is 13.1. The van der Waals surface area contributed by atoms with E-state index in [-0.39, 0.29) is 12.5 Å². The van der Waals surface area contributed by atoms with Gasteiger partial charge in [0.15, 0.2) is 12.6 Å². The van der Waals surface area contributed by atoms with Gasteiger partial charge in [-0.1, -0.05) is 45.2 Å². The van der Waals surface area contributed by atoms with Gasteiger partial charge in [0.05, 0.1) is 0 Å². The Labute approximate surface area is 164 Å². The molecule has 1 amide bonds. The van der Waals surface area contributed by atoms with Gasteiger partial charge >= 0.3 is 0 Å². The second-order valence-corrected chi connectivity index (χ2v) is 6.61. The van der Waals surface area contributed by atoms with Crippen LogP contribution in [-0.2, 0) is 11.3 Å². The number of aliphatic imine (C=N–C) groups is 1. The van der Waals surface area contributed by atoms with Crippen LogP contribution >= 0.6 is 0 Å². The van der Waals surface area contributed by atoms with Crippen LogP contribution in [0.15, 0.2) is 29.3 Å². The smallest absolute Gasteiger partial charge is 0.257 e. The van der Waals surface area contributed by atoms with Crippen molar-refractivity contribution in [3.8, 4) is 5.75 Å². The van der Waals surface area contributed by atoms with Crippen LogP contribution in [0.3, 0.4) is 0 Å².